The van der Waals surface area contributed by atoms with Crippen molar-refractivity contribution in [2.24, 2.45) is 10.7 Å². The number of hydrogen-bond acceptors (Lipinski definition) is 3. The summed E-state index contributed by atoms with van der Waals surface area (Å²) in [5.41, 5.74) is 8.74. The first-order chi connectivity index (χ1) is 49.7. The van der Waals surface area contributed by atoms with Crippen molar-refractivity contribution in [3.8, 4) is 11.1 Å². The number of imidazole rings is 1. The first kappa shape index (κ1) is 73.9. The molecule has 1 aliphatic heterocycles. The monoisotopic (exact) mass is 1520 g/mol. The molecule has 0 bridgehead atoms. The van der Waals surface area contributed by atoms with Crippen LogP contribution in [0.1, 0.15) is 18.3 Å². The van der Waals surface area contributed by atoms with Gasteiger partial charge in [-0.1, -0.05) is 405 Å². The van der Waals surface area contributed by atoms with Gasteiger partial charge in [0, 0.05) is 42.9 Å². The predicted octanol–water partition coefficient (Wildman–Crippen LogP) is 18.3. The molecule has 1 atom stereocenters. The molecule has 4 nitrogen and oxygen atoms in total. The average Bonchev–Trinajstić information content (AvgIpc) is 1.39. The van der Waals surface area contributed by atoms with Gasteiger partial charge in [0.1, 0.15) is 5.54 Å². The molecule has 0 aliphatic carbocycles. The molecule has 0 saturated carbocycles. The van der Waals surface area contributed by atoms with Crippen molar-refractivity contribution in [3.05, 3.63) is 440 Å². The van der Waals surface area contributed by atoms with Gasteiger partial charge < -0.3 is 10.3 Å². The summed E-state index contributed by atoms with van der Waals surface area (Å²) in [6, 6.07) is 143. The fraction of sp³-hybridized carbons (Fsp3) is 0.0330. The molecule has 2 heterocycles. The maximum atomic E-state index is 6.15. The fourth-order valence-electron chi connectivity index (χ4n) is 12.0. The summed E-state index contributed by atoms with van der Waals surface area (Å²) in [5, 5.41) is 18.0. The molecule has 102 heavy (non-hydrogen) atoms. The Morgan fingerprint density at radius 1 is 0.304 bits per heavy atom. The van der Waals surface area contributed by atoms with Gasteiger partial charge in [-0.25, -0.2) is 4.98 Å². The number of hydrogen-bond donors (Lipinski definition) is 1. The largest absolute Gasteiger partial charge is 0.381 e. The molecular formula is C91H76Cl2N4P4Pd. The predicted molar refractivity (Wildman–Crippen MR) is 443 cm³/mol. The molecule has 15 aromatic rings. The van der Waals surface area contributed by atoms with Crippen LogP contribution in [-0.4, -0.2) is 15.4 Å². The van der Waals surface area contributed by atoms with Crippen molar-refractivity contribution < 1.29 is 20.4 Å². The number of halogens is 2. The van der Waals surface area contributed by atoms with E-state index < -0.39 is 37.2 Å². The Morgan fingerprint density at radius 3 is 0.775 bits per heavy atom. The SMILES string of the molecule is CC1(c2cccc(-c3cc(Cl)cc(Cl)c3)c2)Cn2ccnc2C(N)=N1.[Pd].c1ccc(P(c2ccccc2)c2ccccc2)cc1.c1ccc(P(c2ccccc2)c2ccccc2)cc1.c1ccc(P(c2ccccc2)c2ccccc2)cc1.c1ccc(P(c2ccccc2)c2ccccc2)cc1. The molecule has 11 heteroatoms. The smallest absolute Gasteiger partial charge is 0.175 e. The fourth-order valence-corrected chi connectivity index (χ4v) is 21.7. The van der Waals surface area contributed by atoms with Gasteiger partial charge in [-0.2, -0.15) is 0 Å². The van der Waals surface area contributed by atoms with Crippen LogP contribution >= 0.6 is 54.9 Å². The first-order valence-corrected chi connectivity index (χ1v) is 39.6. The Bertz CT molecular complexity index is 4080. The van der Waals surface area contributed by atoms with Crippen LogP contribution in [0.3, 0.4) is 0 Å². The van der Waals surface area contributed by atoms with Gasteiger partial charge in [0.15, 0.2) is 11.7 Å². The Kier molecular flexibility index (Phi) is 27.6. The normalized spacial score (nSPS) is 12.6. The summed E-state index contributed by atoms with van der Waals surface area (Å²) < 4.78 is 2.03. The van der Waals surface area contributed by atoms with E-state index in [4.69, 9.17) is 33.9 Å². The summed E-state index contributed by atoms with van der Waals surface area (Å²) in [5.74, 6) is 1.17. The van der Waals surface area contributed by atoms with Crippen LogP contribution in [0.15, 0.2) is 424 Å². The molecule has 1 aromatic heterocycles. The zero-order valence-corrected chi connectivity index (χ0v) is 63.0. The van der Waals surface area contributed by atoms with E-state index in [0.717, 1.165) is 22.5 Å². The Morgan fingerprint density at radius 2 is 0.539 bits per heavy atom. The summed E-state index contributed by atoms with van der Waals surface area (Å²) in [4.78, 5) is 8.99. The summed E-state index contributed by atoms with van der Waals surface area (Å²) in [7, 11) is -1.78. The quantitative estimate of drug-likeness (QED) is 0.0871. The van der Waals surface area contributed by atoms with Gasteiger partial charge in [0.2, 0.25) is 0 Å². The summed E-state index contributed by atoms with van der Waals surface area (Å²) >= 11 is 12.3. The number of rotatable bonds is 14. The van der Waals surface area contributed by atoms with Crippen molar-refractivity contribution in [1.29, 1.82) is 0 Å². The topological polar surface area (TPSA) is 56.2 Å². The van der Waals surface area contributed by atoms with Crippen LogP contribution in [0.5, 0.6) is 0 Å². The third kappa shape index (κ3) is 20.1. The van der Waals surface area contributed by atoms with Gasteiger partial charge in [-0.05, 0) is 143 Å². The molecule has 0 fully saturated rings. The van der Waals surface area contributed by atoms with E-state index in [1.807, 2.05) is 35.0 Å². The van der Waals surface area contributed by atoms with Crippen molar-refractivity contribution in [2.45, 2.75) is 19.0 Å². The minimum Gasteiger partial charge on any atom is -0.381 e. The number of benzene rings is 14. The molecular weight excluding hydrogens is 1450 g/mol. The molecule has 504 valence electrons. The second-order valence-electron chi connectivity index (χ2n) is 23.8. The maximum absolute atomic E-state index is 6.15. The van der Waals surface area contributed by atoms with Gasteiger partial charge in [-0.3, -0.25) is 4.99 Å². The van der Waals surface area contributed by atoms with Crippen LogP contribution < -0.4 is 69.4 Å². The van der Waals surface area contributed by atoms with Gasteiger partial charge in [0.25, 0.3) is 0 Å². The number of nitrogens with two attached hydrogens (primary N) is 1. The van der Waals surface area contributed by atoms with Crippen molar-refractivity contribution in [3.63, 3.8) is 0 Å². The molecule has 14 aromatic carbocycles. The van der Waals surface area contributed by atoms with E-state index in [1.165, 1.54) is 63.7 Å². The molecule has 0 saturated heterocycles. The zero-order chi connectivity index (χ0) is 69.3. The van der Waals surface area contributed by atoms with E-state index in [-0.39, 0.29) is 20.4 Å². The number of amidine groups is 1. The Balaban J connectivity index is 0.000000128. The zero-order valence-electron chi connectivity index (χ0n) is 56.3. The van der Waals surface area contributed by atoms with Crippen LogP contribution in [-0.2, 0) is 32.5 Å². The Hall–Kier alpha value is -9.28. The third-order valence-electron chi connectivity index (χ3n) is 16.6. The van der Waals surface area contributed by atoms with Gasteiger partial charge in [0.05, 0.1) is 6.54 Å². The maximum Gasteiger partial charge on any atom is 0.175 e. The number of aromatic nitrogens is 2. The molecule has 16 rings (SSSR count). The second-order valence-corrected chi connectivity index (χ2v) is 33.5. The van der Waals surface area contributed by atoms with E-state index in [1.54, 1.807) is 12.3 Å². The van der Waals surface area contributed by atoms with Gasteiger partial charge in [-0.15, -0.1) is 0 Å². The first-order valence-electron chi connectivity index (χ1n) is 33.5. The Labute approximate surface area is 630 Å². The molecule has 1 aliphatic rings. The van der Waals surface area contributed by atoms with Crippen LogP contribution in [0.25, 0.3) is 11.1 Å². The molecule has 2 N–H and O–H groups in total. The summed E-state index contributed by atoms with van der Waals surface area (Å²) in [6.07, 6.45) is 3.67. The van der Waals surface area contributed by atoms with E-state index >= 15 is 0 Å². The number of fused-ring (bicyclic) bond motifs is 1. The van der Waals surface area contributed by atoms with Crippen molar-refractivity contribution in [1.82, 2.24) is 9.55 Å². The standard InChI is InChI=1S/C19H16Cl2N4.4C18H15P.Pd/c1-19(11-25-6-5-23-18(25)17(22)24-19)14-4-2-3-12(7-14)13-8-15(20)10-16(21)9-13;4*1-4-10-16(11-5-1)19(17-12-6-2-7-13-17)18-14-8-3-9-15-18;/h2-10H,11H2,1H3,(H2,22,24);4*1-15H;. The van der Waals surface area contributed by atoms with Crippen molar-refractivity contribution >= 4 is 124 Å². The van der Waals surface area contributed by atoms with Crippen molar-refractivity contribution in [2.75, 3.05) is 0 Å². The number of nitrogens with zero attached hydrogens (tertiary/aromatic N) is 3. The van der Waals surface area contributed by atoms with E-state index in [0.29, 0.717) is 22.4 Å². The second kappa shape index (κ2) is 38.1. The summed E-state index contributed by atoms with van der Waals surface area (Å²) in [6.45, 7) is 2.76. The number of aliphatic imine (C=N–C) groups is 1. The molecule has 1 unspecified atom stereocenters. The van der Waals surface area contributed by atoms with Gasteiger partial charge >= 0.3 is 0 Å². The minimum atomic E-state index is -0.462. The van der Waals surface area contributed by atoms with Crippen LogP contribution in [0, 0.1) is 0 Å². The molecule has 0 radical (unpaired) electrons. The molecule has 0 amide bonds. The molecule has 0 spiro atoms. The van der Waals surface area contributed by atoms with E-state index in [2.05, 4.69) is 388 Å². The average molecular weight is 1530 g/mol. The third-order valence-corrected chi connectivity index (χ3v) is 26.9. The van der Waals surface area contributed by atoms with Crippen LogP contribution in [0.4, 0.5) is 0 Å². The van der Waals surface area contributed by atoms with Crippen LogP contribution in [0.2, 0.25) is 10.0 Å². The van der Waals surface area contributed by atoms with E-state index in [9.17, 15) is 0 Å². The minimum absolute atomic E-state index is 0.